The van der Waals surface area contributed by atoms with Gasteiger partial charge in [0.05, 0.1) is 0 Å². The molecular weight excluding hydrogens is 664 g/mol. The second-order valence-electron chi connectivity index (χ2n) is 12.2. The van der Waals surface area contributed by atoms with Crippen molar-refractivity contribution in [3.63, 3.8) is 0 Å². The first-order valence-electron chi connectivity index (χ1n) is 16.2. The van der Waals surface area contributed by atoms with Crippen LogP contribution in [0, 0.1) is 11.8 Å². The van der Waals surface area contributed by atoms with Crippen LogP contribution in [0.4, 0.5) is 0 Å². The summed E-state index contributed by atoms with van der Waals surface area (Å²) in [5.41, 5.74) is 0. The van der Waals surface area contributed by atoms with E-state index in [2.05, 4.69) is 112 Å². The average molecular weight is 716 g/mol. The Morgan fingerprint density at radius 2 is 1.00 bits per heavy atom. The predicted molar refractivity (Wildman–Crippen MR) is 185 cm³/mol. The number of rotatable bonds is 16. The van der Waals surface area contributed by atoms with Gasteiger partial charge in [0, 0.05) is 0 Å². The summed E-state index contributed by atoms with van der Waals surface area (Å²) in [6.45, 7) is 18.9. The van der Waals surface area contributed by atoms with Gasteiger partial charge in [-0.3, -0.25) is 0 Å². The molecule has 2 atom stereocenters. The van der Waals surface area contributed by atoms with Crippen molar-refractivity contribution < 1.29 is 4.74 Å². The van der Waals surface area contributed by atoms with Gasteiger partial charge in [-0.05, 0) is 0 Å². The zero-order chi connectivity index (χ0) is 29.1. The van der Waals surface area contributed by atoms with Gasteiger partial charge >= 0.3 is 259 Å². The van der Waals surface area contributed by atoms with Crippen LogP contribution in [0.1, 0.15) is 59.3 Å². The molecule has 3 heteroatoms. The van der Waals surface area contributed by atoms with Gasteiger partial charge in [0.2, 0.25) is 0 Å². The van der Waals surface area contributed by atoms with E-state index in [-0.39, 0.29) is 0 Å². The van der Waals surface area contributed by atoms with Crippen molar-refractivity contribution in [1.29, 1.82) is 0 Å². The Labute approximate surface area is 257 Å². The predicted octanol–water partition coefficient (Wildman–Crippen LogP) is 8.46. The zero-order valence-corrected chi connectivity index (χ0v) is 30.9. The first-order valence-corrected chi connectivity index (χ1v) is 27.9. The minimum atomic E-state index is -3.36. The van der Waals surface area contributed by atoms with Crippen molar-refractivity contribution in [1.82, 2.24) is 0 Å². The first kappa shape index (κ1) is 32.4. The van der Waals surface area contributed by atoms with E-state index in [0.29, 0.717) is 11.8 Å². The van der Waals surface area contributed by atoms with Gasteiger partial charge in [-0.1, -0.05) is 0 Å². The number of unbranched alkanes of at least 4 members (excludes halogenated alkanes) is 3. The minimum absolute atomic E-state index is 0.323. The normalized spacial score (nSPS) is 17.4. The molecule has 1 saturated heterocycles. The Kier molecular flexibility index (Phi) is 12.5. The van der Waals surface area contributed by atoms with E-state index in [1.54, 1.807) is 3.59 Å². The van der Waals surface area contributed by atoms with Gasteiger partial charge in [-0.2, -0.15) is 0 Å². The molecule has 1 nitrogen and oxygen atoms in total. The van der Waals surface area contributed by atoms with Gasteiger partial charge in [-0.15, -0.1) is 0 Å². The Morgan fingerprint density at radius 1 is 0.634 bits per heavy atom. The van der Waals surface area contributed by atoms with Crippen LogP contribution < -0.4 is 13.2 Å². The molecular formula is C38H52GeOSn. The summed E-state index contributed by atoms with van der Waals surface area (Å²) in [6.07, 6.45) is 7.95. The first-order chi connectivity index (χ1) is 20.0. The quantitative estimate of drug-likeness (QED) is 0.135. The summed E-state index contributed by atoms with van der Waals surface area (Å²) < 4.78 is 18.3. The molecule has 0 aromatic heterocycles. The summed E-state index contributed by atoms with van der Waals surface area (Å²) in [6, 6.07) is 34.0. The molecule has 0 aliphatic carbocycles. The molecule has 1 aliphatic rings. The third-order valence-corrected chi connectivity index (χ3v) is 36.3. The van der Waals surface area contributed by atoms with Crippen molar-refractivity contribution in [2.75, 3.05) is 13.2 Å². The molecule has 0 bridgehead atoms. The molecule has 41 heavy (non-hydrogen) atoms. The molecule has 0 radical (unpaired) electrons. The van der Waals surface area contributed by atoms with Crippen molar-refractivity contribution in [2.45, 2.75) is 72.6 Å². The van der Waals surface area contributed by atoms with Crippen molar-refractivity contribution in [2.24, 2.45) is 11.8 Å². The van der Waals surface area contributed by atoms with Crippen molar-refractivity contribution in [3.8, 4) is 0 Å². The van der Waals surface area contributed by atoms with Crippen LogP contribution >= 0.6 is 0 Å². The van der Waals surface area contributed by atoms with Crippen LogP contribution in [-0.4, -0.2) is 44.9 Å². The monoisotopic (exact) mass is 718 g/mol. The van der Waals surface area contributed by atoms with Crippen molar-refractivity contribution >= 4 is 44.8 Å². The average Bonchev–Trinajstić information content (AvgIpc) is 3.52. The summed E-state index contributed by atoms with van der Waals surface area (Å²) in [4.78, 5) is 0. The van der Waals surface area contributed by atoms with Gasteiger partial charge in [0.15, 0.2) is 0 Å². The van der Waals surface area contributed by atoms with Crippen LogP contribution in [-0.2, 0) is 4.74 Å². The van der Waals surface area contributed by atoms with Crippen LogP contribution in [0.25, 0.3) is 0 Å². The fourth-order valence-electron chi connectivity index (χ4n) is 7.44. The third-order valence-electron chi connectivity index (χ3n) is 9.79. The number of hydrogen-bond acceptors (Lipinski definition) is 1. The van der Waals surface area contributed by atoms with Crippen LogP contribution in [0.3, 0.4) is 0 Å². The molecule has 0 unspecified atom stereocenters. The maximum atomic E-state index is 6.47. The molecule has 3 aromatic rings. The molecule has 0 N–H and O–H groups in total. The summed E-state index contributed by atoms with van der Waals surface area (Å²) in [5.74, 6) is 0.731. The van der Waals surface area contributed by atoms with E-state index in [0.717, 1.165) is 13.2 Å². The summed E-state index contributed by atoms with van der Waals surface area (Å²) in [5, 5.41) is 0. The van der Waals surface area contributed by atoms with Gasteiger partial charge in [0.1, 0.15) is 0 Å². The zero-order valence-electron chi connectivity index (χ0n) is 25.9. The molecule has 0 amide bonds. The third kappa shape index (κ3) is 6.99. The Bertz CT molecular complexity index is 1100. The van der Waals surface area contributed by atoms with E-state index >= 15 is 0 Å². The Hall–Kier alpha value is -1.56. The summed E-state index contributed by atoms with van der Waals surface area (Å²) in [7, 11) is 0. The number of hydrogen-bond donors (Lipinski definition) is 0. The molecule has 0 spiro atoms. The van der Waals surface area contributed by atoms with E-state index in [9.17, 15) is 0 Å². The molecule has 3 aromatic carbocycles. The Morgan fingerprint density at radius 3 is 1.37 bits per heavy atom. The number of ether oxygens (including phenoxy) is 1. The molecule has 4 rings (SSSR count). The summed E-state index contributed by atoms with van der Waals surface area (Å²) >= 11 is -6.04. The molecule has 218 valence electrons. The van der Waals surface area contributed by atoms with E-state index in [1.807, 2.05) is 0 Å². The molecule has 1 aliphatic heterocycles. The second kappa shape index (κ2) is 15.8. The maximum absolute atomic E-state index is 6.47. The van der Waals surface area contributed by atoms with E-state index in [4.69, 9.17) is 17.9 Å². The fourth-order valence-corrected chi connectivity index (χ4v) is 34.8. The molecule has 1 fully saturated rings. The van der Waals surface area contributed by atoms with Crippen LogP contribution in [0.15, 0.2) is 112 Å². The van der Waals surface area contributed by atoms with Crippen LogP contribution in [0.5, 0.6) is 0 Å². The molecule has 0 saturated carbocycles. The van der Waals surface area contributed by atoms with Gasteiger partial charge in [0.25, 0.3) is 0 Å². The topological polar surface area (TPSA) is 9.23 Å². The number of benzene rings is 3. The second-order valence-corrected chi connectivity index (χ2v) is 33.8. The van der Waals surface area contributed by atoms with Crippen LogP contribution in [0.2, 0.25) is 13.3 Å². The van der Waals surface area contributed by atoms with E-state index < -0.39 is 31.6 Å². The van der Waals surface area contributed by atoms with Gasteiger partial charge < -0.3 is 0 Å². The molecule has 1 heterocycles. The van der Waals surface area contributed by atoms with Gasteiger partial charge in [-0.25, -0.2) is 0 Å². The standard InChI is InChI=1S/C26H25GeO.3C4H9.Sn/c1-3-22-19-28-20-26(22)21(2)27(23-13-7-4-8-14-23,24-15-9-5-10-16-24)25-17-11-6-12-18-25;3*1-3-4-2;/h4-18,22,26H,1-2,19-20H2;3*1,3-4H2,2H3;/t22-,26+;;;;/m0..../s1. The Balaban J connectivity index is 1.85. The SMILES string of the molecule is C=[C]([C@H]1COC[C@@H]1[C](=C)[Sn]([CH2]CCC)([CH2]CCC)[CH2]CCC)[Ge]([c]1ccccc1)([c]1ccccc1)[c]1ccccc1. The fraction of sp³-hybridized carbons (Fsp3) is 0.421. The van der Waals surface area contributed by atoms with Crippen molar-refractivity contribution in [3.05, 3.63) is 112 Å². The van der Waals surface area contributed by atoms with E-state index in [1.165, 1.54) is 69.4 Å².